The number of rotatable bonds is 1. The Morgan fingerprint density at radius 3 is 2.27 bits per heavy atom. The highest BCUT2D eigenvalue weighted by Gasteiger charge is 2.31. The van der Waals surface area contributed by atoms with E-state index in [0.717, 1.165) is 0 Å². The van der Waals surface area contributed by atoms with Crippen molar-refractivity contribution in [1.82, 2.24) is 5.32 Å². The van der Waals surface area contributed by atoms with E-state index in [2.05, 4.69) is 5.32 Å². The molecule has 2 N–H and O–H groups in total. The third-order valence-corrected chi connectivity index (χ3v) is 2.35. The van der Waals surface area contributed by atoms with E-state index in [-0.39, 0.29) is 17.0 Å². The second-order valence-corrected chi connectivity index (χ2v) is 3.18. The minimum Gasteiger partial charge on any atom is -0.505 e. The second-order valence-electron chi connectivity index (χ2n) is 3.18. The van der Waals surface area contributed by atoms with E-state index in [1.807, 2.05) is 0 Å². The lowest BCUT2D eigenvalue weighted by Crippen LogP contribution is -2.30. The van der Waals surface area contributed by atoms with Gasteiger partial charge in [0, 0.05) is 18.2 Å². The number of ketones is 2. The maximum absolute atomic E-state index is 11.6. The number of hydrogen-bond donors (Lipinski definition) is 2. The summed E-state index contributed by atoms with van der Waals surface area (Å²) >= 11 is 0. The number of carbonyl (C=O) groups is 2. The van der Waals surface area contributed by atoms with Crippen LogP contribution in [0, 0.1) is 0 Å². The van der Waals surface area contributed by atoms with Crippen molar-refractivity contribution in [3.8, 4) is 0 Å². The van der Waals surface area contributed by atoms with E-state index < -0.39 is 11.6 Å². The lowest BCUT2D eigenvalue weighted by atomic mass is 9.92. The standard InChI is InChI=1S/C11H9NO3/c1-12-8-9(13)6-4-2-3-5-7(6)10(14)11(8)15/h2-5,12-13H,1H3. The predicted molar refractivity (Wildman–Crippen MR) is 54.4 cm³/mol. The number of benzene rings is 1. The first kappa shape index (κ1) is 9.45. The Kier molecular flexibility index (Phi) is 2.04. The summed E-state index contributed by atoms with van der Waals surface area (Å²) in [4.78, 5) is 23.1. The average Bonchev–Trinajstić information content (AvgIpc) is 2.27. The van der Waals surface area contributed by atoms with E-state index in [0.29, 0.717) is 5.56 Å². The molecule has 0 amide bonds. The van der Waals surface area contributed by atoms with Gasteiger partial charge in [0.2, 0.25) is 5.78 Å². The molecular formula is C11H9NO3. The van der Waals surface area contributed by atoms with Gasteiger partial charge in [-0.15, -0.1) is 0 Å². The highest BCUT2D eigenvalue weighted by Crippen LogP contribution is 2.25. The van der Waals surface area contributed by atoms with Crippen molar-refractivity contribution < 1.29 is 14.7 Å². The zero-order valence-corrected chi connectivity index (χ0v) is 8.07. The Morgan fingerprint density at radius 1 is 1.07 bits per heavy atom. The second kappa shape index (κ2) is 3.24. The van der Waals surface area contributed by atoms with Crippen LogP contribution in [0.4, 0.5) is 0 Å². The van der Waals surface area contributed by atoms with Crippen LogP contribution in [0.1, 0.15) is 15.9 Å². The highest BCUT2D eigenvalue weighted by atomic mass is 16.3. The topological polar surface area (TPSA) is 66.4 Å². The summed E-state index contributed by atoms with van der Waals surface area (Å²) in [5.41, 5.74) is 0.601. The molecule has 1 aliphatic rings. The molecular weight excluding hydrogens is 194 g/mol. The molecule has 0 aliphatic heterocycles. The molecule has 1 aromatic rings. The molecule has 0 atom stereocenters. The molecule has 1 aliphatic carbocycles. The molecule has 0 heterocycles. The smallest absolute Gasteiger partial charge is 0.253 e. The van der Waals surface area contributed by atoms with Crippen molar-refractivity contribution in [3.63, 3.8) is 0 Å². The average molecular weight is 203 g/mol. The Bertz CT molecular complexity index is 488. The molecule has 0 fully saturated rings. The summed E-state index contributed by atoms with van der Waals surface area (Å²) in [6.07, 6.45) is 0. The number of nitrogens with one attached hydrogen (secondary N) is 1. The highest BCUT2D eigenvalue weighted by molar-refractivity contribution is 6.52. The van der Waals surface area contributed by atoms with Crippen LogP contribution in [0.5, 0.6) is 0 Å². The van der Waals surface area contributed by atoms with Crippen molar-refractivity contribution >= 4 is 17.3 Å². The number of likely N-dealkylation sites (N-methyl/N-ethyl adjacent to an activating group) is 1. The largest absolute Gasteiger partial charge is 0.505 e. The third kappa shape index (κ3) is 1.22. The van der Waals surface area contributed by atoms with Gasteiger partial charge in [-0.2, -0.15) is 0 Å². The van der Waals surface area contributed by atoms with E-state index in [1.165, 1.54) is 13.1 Å². The van der Waals surface area contributed by atoms with Gasteiger partial charge < -0.3 is 10.4 Å². The van der Waals surface area contributed by atoms with Crippen LogP contribution in [-0.2, 0) is 4.79 Å². The van der Waals surface area contributed by atoms with Crippen molar-refractivity contribution in [2.75, 3.05) is 7.05 Å². The predicted octanol–water partition coefficient (Wildman–Crippen LogP) is 0.898. The third-order valence-electron chi connectivity index (χ3n) is 2.35. The molecule has 0 aromatic heterocycles. The first-order valence-electron chi connectivity index (χ1n) is 4.46. The molecule has 76 valence electrons. The van der Waals surface area contributed by atoms with Gasteiger partial charge in [-0.05, 0) is 0 Å². The van der Waals surface area contributed by atoms with Crippen molar-refractivity contribution in [3.05, 3.63) is 41.1 Å². The lowest BCUT2D eigenvalue weighted by molar-refractivity contribution is -0.112. The summed E-state index contributed by atoms with van der Waals surface area (Å²) in [6, 6.07) is 6.48. The van der Waals surface area contributed by atoms with E-state index in [9.17, 15) is 14.7 Å². The molecule has 0 saturated heterocycles. The number of aliphatic hydroxyl groups is 1. The summed E-state index contributed by atoms with van der Waals surface area (Å²) in [5.74, 6) is -1.46. The Labute approximate surface area is 86.2 Å². The van der Waals surface area contributed by atoms with Gasteiger partial charge in [0.1, 0.15) is 5.70 Å². The van der Waals surface area contributed by atoms with Crippen LogP contribution in [0.15, 0.2) is 30.0 Å². The molecule has 2 rings (SSSR count). The van der Waals surface area contributed by atoms with Crippen LogP contribution < -0.4 is 5.32 Å². The minimum absolute atomic E-state index is 0.0429. The SMILES string of the molecule is CNC1=C(O)c2ccccc2C(=O)C1=O. The molecule has 1 aromatic carbocycles. The number of carbonyl (C=O) groups excluding carboxylic acids is 2. The first-order chi connectivity index (χ1) is 7.16. The zero-order valence-electron chi connectivity index (χ0n) is 8.07. The molecule has 0 saturated carbocycles. The van der Waals surface area contributed by atoms with Crippen molar-refractivity contribution in [2.24, 2.45) is 0 Å². The van der Waals surface area contributed by atoms with Crippen molar-refractivity contribution in [1.29, 1.82) is 0 Å². The minimum atomic E-state index is -0.700. The number of hydrogen-bond acceptors (Lipinski definition) is 4. The van der Waals surface area contributed by atoms with Crippen LogP contribution in [0.3, 0.4) is 0 Å². The molecule has 0 unspecified atom stereocenters. The number of fused-ring (bicyclic) bond motifs is 1. The maximum atomic E-state index is 11.6. The lowest BCUT2D eigenvalue weighted by Gasteiger charge is -2.16. The van der Waals surface area contributed by atoms with Gasteiger partial charge in [-0.3, -0.25) is 9.59 Å². The monoisotopic (exact) mass is 203 g/mol. The molecule has 0 radical (unpaired) electrons. The first-order valence-corrected chi connectivity index (χ1v) is 4.46. The van der Waals surface area contributed by atoms with Gasteiger partial charge in [0.05, 0.1) is 0 Å². The number of aliphatic hydroxyl groups excluding tert-OH is 1. The van der Waals surface area contributed by atoms with E-state index >= 15 is 0 Å². The normalized spacial score (nSPS) is 15.3. The number of allylic oxidation sites excluding steroid dienone is 1. The van der Waals surface area contributed by atoms with Crippen molar-refractivity contribution in [2.45, 2.75) is 0 Å². The molecule has 0 spiro atoms. The van der Waals surface area contributed by atoms with Crippen LogP contribution >= 0.6 is 0 Å². The van der Waals surface area contributed by atoms with E-state index in [4.69, 9.17) is 0 Å². The fourth-order valence-electron chi connectivity index (χ4n) is 1.60. The van der Waals surface area contributed by atoms with Crippen LogP contribution in [0.2, 0.25) is 0 Å². The molecule has 0 bridgehead atoms. The Morgan fingerprint density at radius 2 is 1.67 bits per heavy atom. The van der Waals surface area contributed by atoms with Gasteiger partial charge >= 0.3 is 0 Å². The van der Waals surface area contributed by atoms with Crippen LogP contribution in [-0.4, -0.2) is 23.7 Å². The molecule has 4 nitrogen and oxygen atoms in total. The quantitative estimate of drug-likeness (QED) is 0.665. The van der Waals surface area contributed by atoms with Gasteiger partial charge in [0.15, 0.2) is 5.76 Å². The summed E-state index contributed by atoms with van der Waals surface area (Å²) < 4.78 is 0. The zero-order chi connectivity index (χ0) is 11.0. The summed E-state index contributed by atoms with van der Waals surface area (Å²) in [5, 5.41) is 12.3. The summed E-state index contributed by atoms with van der Waals surface area (Å²) in [6.45, 7) is 0. The number of Topliss-reactive ketones (excluding diaryl/α,β-unsaturated/α-hetero) is 2. The maximum Gasteiger partial charge on any atom is 0.253 e. The fourth-order valence-corrected chi connectivity index (χ4v) is 1.60. The summed E-state index contributed by atoms with van der Waals surface area (Å²) in [7, 11) is 1.49. The Balaban J connectivity index is 2.74. The van der Waals surface area contributed by atoms with Gasteiger partial charge in [-0.25, -0.2) is 0 Å². The molecule has 4 heteroatoms. The van der Waals surface area contributed by atoms with E-state index in [1.54, 1.807) is 18.2 Å². The Hall–Kier alpha value is -2.10. The molecule has 15 heavy (non-hydrogen) atoms. The van der Waals surface area contributed by atoms with Gasteiger partial charge in [-0.1, -0.05) is 24.3 Å². The fraction of sp³-hybridized carbons (Fsp3) is 0.0909. The van der Waals surface area contributed by atoms with Gasteiger partial charge in [0.25, 0.3) is 5.78 Å². The van der Waals surface area contributed by atoms with Crippen LogP contribution in [0.25, 0.3) is 5.76 Å².